The number of thiazole rings is 1. The van der Waals surface area contributed by atoms with E-state index in [-0.39, 0.29) is 0 Å². The molecule has 2 rings (SSSR count). The molecule has 1 heterocycles. The van der Waals surface area contributed by atoms with Crippen LogP contribution in [0.15, 0.2) is 24.4 Å². The van der Waals surface area contributed by atoms with Gasteiger partial charge in [-0.3, -0.25) is 4.79 Å². The third kappa shape index (κ3) is 2.14. The average molecular weight is 248 g/mol. The molecule has 0 bridgehead atoms. The van der Waals surface area contributed by atoms with Crippen molar-refractivity contribution in [2.24, 2.45) is 5.73 Å². The lowest BCUT2D eigenvalue weighted by atomic mass is 10.0. The summed E-state index contributed by atoms with van der Waals surface area (Å²) in [6.45, 7) is 1.88. The number of aromatic nitrogens is 1. The molecule has 5 heteroatoms. The van der Waals surface area contributed by atoms with E-state index in [1.54, 1.807) is 19.4 Å². The van der Waals surface area contributed by atoms with Crippen LogP contribution in [0.1, 0.15) is 15.9 Å². The van der Waals surface area contributed by atoms with Gasteiger partial charge in [0.05, 0.1) is 12.0 Å². The summed E-state index contributed by atoms with van der Waals surface area (Å²) in [5.41, 5.74) is 7.68. The van der Waals surface area contributed by atoms with Gasteiger partial charge in [-0.25, -0.2) is 4.98 Å². The molecule has 2 N–H and O–H groups in total. The van der Waals surface area contributed by atoms with E-state index in [0.717, 1.165) is 16.0 Å². The molecular formula is C12H12N2O2S. The molecule has 0 spiro atoms. The number of methoxy groups -OCH3 is 1. The van der Waals surface area contributed by atoms with Crippen molar-refractivity contribution < 1.29 is 9.53 Å². The molecule has 2 aromatic rings. The van der Waals surface area contributed by atoms with Crippen molar-refractivity contribution in [1.82, 2.24) is 4.98 Å². The van der Waals surface area contributed by atoms with Crippen LogP contribution in [0.5, 0.6) is 5.19 Å². The van der Waals surface area contributed by atoms with Crippen LogP contribution >= 0.6 is 11.3 Å². The first-order valence-corrected chi connectivity index (χ1v) is 5.84. The fourth-order valence-electron chi connectivity index (χ4n) is 1.65. The second kappa shape index (κ2) is 4.55. The Balaban J connectivity index is 2.52. The molecule has 88 valence electrons. The Morgan fingerprint density at radius 1 is 1.47 bits per heavy atom. The highest BCUT2D eigenvalue weighted by molar-refractivity contribution is 7.16. The predicted molar refractivity (Wildman–Crippen MR) is 67.4 cm³/mol. The Hall–Kier alpha value is -1.88. The smallest absolute Gasteiger partial charge is 0.273 e. The molecule has 0 saturated heterocycles. The number of amides is 1. The molecule has 1 aromatic carbocycles. The zero-order valence-electron chi connectivity index (χ0n) is 9.56. The molecule has 4 nitrogen and oxygen atoms in total. The van der Waals surface area contributed by atoms with E-state index in [2.05, 4.69) is 4.98 Å². The zero-order valence-corrected chi connectivity index (χ0v) is 10.4. The van der Waals surface area contributed by atoms with E-state index in [0.29, 0.717) is 10.8 Å². The van der Waals surface area contributed by atoms with Gasteiger partial charge in [-0.2, -0.15) is 0 Å². The molecule has 0 saturated carbocycles. The number of nitrogens with zero attached hydrogens (tertiary/aromatic N) is 1. The molecule has 0 aliphatic rings. The molecule has 1 amide bonds. The lowest BCUT2D eigenvalue weighted by molar-refractivity contribution is 0.1000. The minimum Gasteiger partial charge on any atom is -0.473 e. The molecule has 17 heavy (non-hydrogen) atoms. The molecule has 0 unspecified atom stereocenters. The van der Waals surface area contributed by atoms with Crippen LogP contribution in [-0.2, 0) is 0 Å². The van der Waals surface area contributed by atoms with Crippen LogP contribution in [0.2, 0.25) is 0 Å². The topological polar surface area (TPSA) is 65.2 Å². The first kappa shape index (κ1) is 11.6. The van der Waals surface area contributed by atoms with Crippen molar-refractivity contribution >= 4 is 17.2 Å². The van der Waals surface area contributed by atoms with Crippen molar-refractivity contribution in [2.45, 2.75) is 6.92 Å². The molecular weight excluding hydrogens is 236 g/mol. The number of rotatable bonds is 3. The minimum atomic E-state index is -0.416. The Morgan fingerprint density at radius 3 is 2.82 bits per heavy atom. The van der Waals surface area contributed by atoms with E-state index in [4.69, 9.17) is 10.5 Å². The summed E-state index contributed by atoms with van der Waals surface area (Å²) in [4.78, 5) is 16.3. The maximum Gasteiger partial charge on any atom is 0.273 e. The van der Waals surface area contributed by atoms with Crippen LogP contribution in [0.25, 0.3) is 10.4 Å². The van der Waals surface area contributed by atoms with Gasteiger partial charge in [0.2, 0.25) is 5.91 Å². The summed E-state index contributed by atoms with van der Waals surface area (Å²) in [7, 11) is 1.58. The highest BCUT2D eigenvalue weighted by atomic mass is 32.1. The standard InChI is InChI=1S/C12H12N2O2S/c1-7-8(4-3-5-9(7)11(13)15)10-6-14-12(16-2)17-10/h3-6H,1-2H3,(H2,13,15). The SMILES string of the molecule is COc1ncc(-c2cccc(C(N)=O)c2C)s1. The Morgan fingerprint density at radius 2 is 2.24 bits per heavy atom. The summed E-state index contributed by atoms with van der Waals surface area (Å²) in [6.07, 6.45) is 1.73. The summed E-state index contributed by atoms with van der Waals surface area (Å²) >= 11 is 1.44. The van der Waals surface area contributed by atoms with Crippen molar-refractivity contribution in [3.63, 3.8) is 0 Å². The third-order valence-corrected chi connectivity index (χ3v) is 3.52. The Labute approximate surface area is 103 Å². The molecule has 0 aliphatic carbocycles. The number of ether oxygens (including phenoxy) is 1. The number of carbonyl (C=O) groups excluding carboxylic acids is 1. The second-order valence-electron chi connectivity index (χ2n) is 3.54. The zero-order chi connectivity index (χ0) is 12.4. The van der Waals surface area contributed by atoms with E-state index in [9.17, 15) is 4.79 Å². The van der Waals surface area contributed by atoms with Crippen LogP contribution in [-0.4, -0.2) is 18.0 Å². The van der Waals surface area contributed by atoms with Gasteiger partial charge in [0.15, 0.2) is 0 Å². The summed E-state index contributed by atoms with van der Waals surface area (Å²) in [6, 6.07) is 5.47. The second-order valence-corrected chi connectivity index (χ2v) is 4.53. The minimum absolute atomic E-state index is 0.416. The lowest BCUT2D eigenvalue weighted by Gasteiger charge is -2.06. The van der Waals surface area contributed by atoms with Gasteiger partial charge >= 0.3 is 0 Å². The van der Waals surface area contributed by atoms with Gasteiger partial charge in [-0.05, 0) is 24.1 Å². The van der Waals surface area contributed by atoms with Crippen molar-refractivity contribution in [3.8, 4) is 15.6 Å². The summed E-state index contributed by atoms with van der Waals surface area (Å²) in [5, 5.41) is 0.601. The van der Waals surface area contributed by atoms with Crippen molar-refractivity contribution in [3.05, 3.63) is 35.5 Å². The predicted octanol–water partition coefficient (Wildman–Crippen LogP) is 2.23. The highest BCUT2D eigenvalue weighted by Crippen LogP contribution is 2.33. The van der Waals surface area contributed by atoms with Crippen molar-refractivity contribution in [1.29, 1.82) is 0 Å². The Kier molecular flexibility index (Phi) is 3.10. The molecule has 0 radical (unpaired) electrons. The summed E-state index contributed by atoms with van der Waals surface area (Å²) < 4.78 is 5.05. The van der Waals surface area contributed by atoms with Gasteiger partial charge in [0, 0.05) is 11.8 Å². The monoisotopic (exact) mass is 248 g/mol. The van der Waals surface area contributed by atoms with E-state index >= 15 is 0 Å². The third-order valence-electron chi connectivity index (χ3n) is 2.52. The van der Waals surface area contributed by atoms with E-state index in [1.807, 2.05) is 19.1 Å². The molecule has 0 fully saturated rings. The van der Waals surface area contributed by atoms with Gasteiger partial charge in [-0.15, -0.1) is 0 Å². The lowest BCUT2D eigenvalue weighted by Crippen LogP contribution is -2.12. The fourth-order valence-corrected chi connectivity index (χ4v) is 2.46. The molecule has 0 aliphatic heterocycles. The number of nitrogens with two attached hydrogens (primary N) is 1. The van der Waals surface area contributed by atoms with Gasteiger partial charge in [0.1, 0.15) is 0 Å². The molecule has 0 atom stereocenters. The van der Waals surface area contributed by atoms with Crippen LogP contribution in [0.3, 0.4) is 0 Å². The number of benzene rings is 1. The van der Waals surface area contributed by atoms with Crippen LogP contribution < -0.4 is 10.5 Å². The van der Waals surface area contributed by atoms with Crippen molar-refractivity contribution in [2.75, 3.05) is 7.11 Å². The first-order chi connectivity index (χ1) is 8.13. The maximum absolute atomic E-state index is 11.3. The summed E-state index contributed by atoms with van der Waals surface area (Å²) in [5.74, 6) is -0.416. The fraction of sp³-hybridized carbons (Fsp3) is 0.167. The maximum atomic E-state index is 11.3. The van der Waals surface area contributed by atoms with E-state index in [1.165, 1.54) is 11.3 Å². The first-order valence-electron chi connectivity index (χ1n) is 5.03. The van der Waals surface area contributed by atoms with E-state index < -0.39 is 5.91 Å². The number of carbonyl (C=O) groups is 1. The number of hydrogen-bond donors (Lipinski definition) is 1. The number of primary amides is 1. The van der Waals surface area contributed by atoms with Crippen LogP contribution in [0.4, 0.5) is 0 Å². The van der Waals surface area contributed by atoms with Crippen LogP contribution in [0, 0.1) is 6.92 Å². The number of hydrogen-bond acceptors (Lipinski definition) is 4. The van der Waals surface area contributed by atoms with Gasteiger partial charge in [0.25, 0.3) is 5.19 Å². The average Bonchev–Trinajstić information content (AvgIpc) is 2.77. The Bertz CT molecular complexity index is 563. The highest BCUT2D eigenvalue weighted by Gasteiger charge is 2.12. The van der Waals surface area contributed by atoms with Gasteiger partial charge < -0.3 is 10.5 Å². The normalized spacial score (nSPS) is 10.2. The quantitative estimate of drug-likeness (QED) is 0.905. The largest absolute Gasteiger partial charge is 0.473 e. The molecule has 1 aromatic heterocycles. The van der Waals surface area contributed by atoms with Gasteiger partial charge in [-0.1, -0.05) is 23.5 Å².